The van der Waals surface area contributed by atoms with Crippen molar-refractivity contribution >= 4 is 37.3 Å². The summed E-state index contributed by atoms with van der Waals surface area (Å²) in [6.45, 7) is 1.23. The van der Waals surface area contributed by atoms with Crippen LogP contribution in [0.2, 0.25) is 0 Å². The van der Waals surface area contributed by atoms with E-state index in [1.54, 1.807) is 12.1 Å². The van der Waals surface area contributed by atoms with Crippen LogP contribution >= 0.6 is 27.3 Å². The van der Waals surface area contributed by atoms with Crippen molar-refractivity contribution in [3.05, 3.63) is 50.6 Å². The van der Waals surface area contributed by atoms with Crippen LogP contribution in [0.1, 0.15) is 23.3 Å². The zero-order valence-corrected chi connectivity index (χ0v) is 16.6. The molecule has 2 heterocycles. The maximum absolute atomic E-state index is 13.3. The number of thiophene rings is 1. The molecule has 2 aromatic rings. The molecule has 0 N–H and O–H groups in total. The summed E-state index contributed by atoms with van der Waals surface area (Å²) in [7, 11) is -3.82. The predicted octanol–water partition coefficient (Wildman–Crippen LogP) is 3.75. The molecule has 1 atom stereocenters. The second-order valence-electron chi connectivity index (χ2n) is 5.74. The molecule has 5 nitrogen and oxygen atoms in total. The average Bonchev–Trinajstić information content (AvgIpc) is 3.27. The van der Waals surface area contributed by atoms with Crippen LogP contribution in [0.15, 0.2) is 45.1 Å². The van der Waals surface area contributed by atoms with E-state index in [1.807, 2.05) is 23.6 Å². The molecule has 8 heteroatoms. The number of rotatable bonds is 6. The van der Waals surface area contributed by atoms with Gasteiger partial charge in [-0.15, -0.1) is 11.3 Å². The highest BCUT2D eigenvalue weighted by Gasteiger charge is 2.31. The monoisotopic (exact) mass is 440 g/mol. The fraction of sp³-hybridized carbons (Fsp3) is 0.353. The molecular weight excluding hydrogens is 424 g/mol. The number of benzene rings is 1. The van der Waals surface area contributed by atoms with E-state index < -0.39 is 10.0 Å². The quantitative estimate of drug-likeness (QED) is 0.685. The zero-order valence-electron chi connectivity index (χ0n) is 13.4. The lowest BCUT2D eigenvalue weighted by atomic mass is 10.2. The van der Waals surface area contributed by atoms with Gasteiger partial charge in [0, 0.05) is 29.0 Å². The highest BCUT2D eigenvalue weighted by Crippen LogP contribution is 2.29. The third-order valence-corrected chi connectivity index (χ3v) is 7.42. The number of hydrogen-bond donors (Lipinski definition) is 0. The Morgan fingerprint density at radius 3 is 2.84 bits per heavy atom. The summed E-state index contributed by atoms with van der Waals surface area (Å²) in [5, 5.41) is 11.3. The largest absolute Gasteiger partial charge is 0.377 e. The lowest BCUT2D eigenvalue weighted by molar-refractivity contribution is 0.0927. The zero-order chi connectivity index (χ0) is 17.9. The molecule has 1 fully saturated rings. The van der Waals surface area contributed by atoms with Gasteiger partial charge >= 0.3 is 0 Å². The van der Waals surface area contributed by atoms with Crippen molar-refractivity contribution in [1.82, 2.24) is 4.31 Å². The van der Waals surface area contributed by atoms with E-state index in [0.29, 0.717) is 11.1 Å². The van der Waals surface area contributed by atoms with E-state index in [9.17, 15) is 13.7 Å². The van der Waals surface area contributed by atoms with E-state index >= 15 is 0 Å². The molecule has 0 saturated carbocycles. The second kappa shape index (κ2) is 7.98. The minimum atomic E-state index is -3.82. The molecule has 1 aromatic carbocycles. The number of halogens is 1. The highest BCUT2D eigenvalue weighted by atomic mass is 79.9. The normalized spacial score (nSPS) is 17.7. The molecule has 132 valence electrons. The van der Waals surface area contributed by atoms with Crippen LogP contribution in [0.5, 0.6) is 0 Å². The van der Waals surface area contributed by atoms with Crippen LogP contribution in [0.3, 0.4) is 0 Å². The van der Waals surface area contributed by atoms with E-state index in [2.05, 4.69) is 15.9 Å². The first-order valence-corrected chi connectivity index (χ1v) is 11.0. The third-order valence-electron chi connectivity index (χ3n) is 4.05. The molecule has 1 aliphatic heterocycles. The van der Waals surface area contributed by atoms with Crippen molar-refractivity contribution in [3.63, 3.8) is 0 Å². The molecule has 0 bridgehead atoms. The van der Waals surface area contributed by atoms with E-state index in [4.69, 9.17) is 4.74 Å². The standard InChI is InChI=1S/C17H17BrN2O3S2/c18-16-6-1-7-17(15(16)10-19)25(21,22)20(11-13-4-2-8-23-13)12-14-5-3-9-24-14/h1,3,5-7,9,13H,2,4,8,11-12H2. The molecule has 1 aliphatic rings. The molecule has 3 rings (SSSR count). The van der Waals surface area contributed by atoms with Crippen molar-refractivity contribution < 1.29 is 13.2 Å². The fourth-order valence-corrected chi connectivity index (χ4v) is 5.81. The van der Waals surface area contributed by atoms with Gasteiger partial charge in [-0.25, -0.2) is 8.42 Å². The summed E-state index contributed by atoms with van der Waals surface area (Å²) in [5.74, 6) is 0. The van der Waals surface area contributed by atoms with Crippen molar-refractivity contribution in [1.29, 1.82) is 5.26 Å². The Labute approximate surface area is 160 Å². The van der Waals surface area contributed by atoms with Crippen LogP contribution in [-0.4, -0.2) is 32.0 Å². The van der Waals surface area contributed by atoms with Crippen molar-refractivity contribution in [2.24, 2.45) is 0 Å². The molecule has 0 radical (unpaired) electrons. The van der Waals surface area contributed by atoms with Gasteiger partial charge in [0.25, 0.3) is 0 Å². The first-order valence-electron chi connectivity index (χ1n) is 7.85. The Morgan fingerprint density at radius 1 is 1.36 bits per heavy atom. The first-order chi connectivity index (χ1) is 12.0. The first kappa shape index (κ1) is 18.5. The summed E-state index contributed by atoms with van der Waals surface area (Å²) in [6, 6.07) is 10.6. The molecule has 25 heavy (non-hydrogen) atoms. The van der Waals surface area contributed by atoms with Gasteiger partial charge in [0.05, 0.1) is 11.7 Å². The molecular formula is C17H17BrN2O3S2. The van der Waals surface area contributed by atoms with Gasteiger partial charge in [-0.3, -0.25) is 0 Å². The van der Waals surface area contributed by atoms with Crippen LogP contribution in [-0.2, 0) is 21.3 Å². The Hall–Kier alpha value is -1.24. The van der Waals surface area contributed by atoms with Crippen LogP contribution in [0.25, 0.3) is 0 Å². The Bertz CT molecular complexity index is 870. The number of hydrogen-bond acceptors (Lipinski definition) is 5. The Balaban J connectivity index is 1.98. The SMILES string of the molecule is N#Cc1c(Br)cccc1S(=O)(=O)N(Cc1cccs1)CC1CCCO1. The maximum atomic E-state index is 13.3. The van der Waals surface area contributed by atoms with Crippen LogP contribution in [0, 0.1) is 11.3 Å². The number of nitrogens with zero attached hydrogens (tertiary/aromatic N) is 2. The predicted molar refractivity (Wildman–Crippen MR) is 99.7 cm³/mol. The van der Waals surface area contributed by atoms with Gasteiger partial charge in [0.15, 0.2) is 0 Å². The topological polar surface area (TPSA) is 70.4 Å². The van der Waals surface area contributed by atoms with Gasteiger partial charge in [0.2, 0.25) is 10.0 Å². The minimum Gasteiger partial charge on any atom is -0.377 e. The summed E-state index contributed by atoms with van der Waals surface area (Å²) < 4.78 is 34.1. The van der Waals surface area contributed by atoms with Gasteiger partial charge in [-0.2, -0.15) is 9.57 Å². The second-order valence-corrected chi connectivity index (χ2v) is 9.53. The lowest BCUT2D eigenvalue weighted by Crippen LogP contribution is -2.37. The Morgan fingerprint density at radius 2 is 2.20 bits per heavy atom. The molecule has 0 aliphatic carbocycles. The van der Waals surface area contributed by atoms with Gasteiger partial charge in [-0.05, 0) is 52.4 Å². The van der Waals surface area contributed by atoms with Gasteiger partial charge < -0.3 is 4.74 Å². The van der Waals surface area contributed by atoms with E-state index in [0.717, 1.165) is 17.7 Å². The maximum Gasteiger partial charge on any atom is 0.244 e. The molecule has 1 unspecified atom stereocenters. The number of ether oxygens (including phenoxy) is 1. The minimum absolute atomic E-state index is 0.0268. The highest BCUT2D eigenvalue weighted by molar-refractivity contribution is 9.10. The van der Waals surface area contributed by atoms with Crippen LogP contribution in [0.4, 0.5) is 0 Å². The van der Waals surface area contributed by atoms with E-state index in [-0.39, 0.29) is 29.7 Å². The summed E-state index contributed by atoms with van der Waals surface area (Å²) in [6.07, 6.45) is 1.69. The van der Waals surface area contributed by atoms with Gasteiger partial charge in [-0.1, -0.05) is 12.1 Å². The van der Waals surface area contributed by atoms with Crippen LogP contribution < -0.4 is 0 Å². The molecule has 0 amide bonds. The smallest absolute Gasteiger partial charge is 0.244 e. The number of nitriles is 1. The van der Waals surface area contributed by atoms with Crippen molar-refractivity contribution in [2.45, 2.75) is 30.4 Å². The average molecular weight is 441 g/mol. The Kier molecular flexibility index (Phi) is 5.92. The van der Waals surface area contributed by atoms with Crippen molar-refractivity contribution in [3.8, 4) is 6.07 Å². The van der Waals surface area contributed by atoms with Gasteiger partial charge in [0.1, 0.15) is 11.0 Å². The summed E-state index contributed by atoms with van der Waals surface area (Å²) in [5.41, 5.74) is 0.131. The fourth-order valence-electron chi connectivity index (χ4n) is 2.81. The summed E-state index contributed by atoms with van der Waals surface area (Å²) >= 11 is 4.78. The third kappa shape index (κ3) is 4.13. The number of sulfonamides is 1. The molecule has 1 saturated heterocycles. The molecule has 1 aromatic heterocycles. The van der Waals surface area contributed by atoms with E-state index in [1.165, 1.54) is 21.7 Å². The van der Waals surface area contributed by atoms with Crippen molar-refractivity contribution in [2.75, 3.05) is 13.2 Å². The molecule has 0 spiro atoms. The lowest BCUT2D eigenvalue weighted by Gasteiger charge is -2.25. The summed E-state index contributed by atoms with van der Waals surface area (Å²) in [4.78, 5) is 0.981.